The van der Waals surface area contributed by atoms with E-state index >= 15 is 0 Å². The van der Waals surface area contributed by atoms with Gasteiger partial charge in [-0.3, -0.25) is 14.9 Å². The number of rotatable bonds is 4. The number of carbonyl (C=O) groups excluding carboxylic acids is 1. The molecule has 4 nitrogen and oxygen atoms in total. The van der Waals surface area contributed by atoms with Crippen molar-refractivity contribution in [3.05, 3.63) is 33.9 Å². The summed E-state index contributed by atoms with van der Waals surface area (Å²) in [6.45, 7) is 1.52. The minimum Gasteiger partial charge on any atom is -0.294 e. The molecule has 0 spiro atoms. The Morgan fingerprint density at radius 1 is 1.44 bits per heavy atom. The first-order valence-corrected chi connectivity index (χ1v) is 5.63. The van der Waals surface area contributed by atoms with Crippen LogP contribution in [0.1, 0.15) is 23.7 Å². The van der Waals surface area contributed by atoms with Gasteiger partial charge >= 0.3 is 5.51 Å². The Morgan fingerprint density at radius 2 is 2.06 bits per heavy atom. The van der Waals surface area contributed by atoms with Gasteiger partial charge in [0.05, 0.1) is 10.5 Å². The van der Waals surface area contributed by atoms with Crippen molar-refractivity contribution in [3.63, 3.8) is 0 Å². The van der Waals surface area contributed by atoms with E-state index in [1.54, 1.807) is 0 Å². The lowest BCUT2D eigenvalue weighted by Gasteiger charge is -2.06. The van der Waals surface area contributed by atoms with Gasteiger partial charge < -0.3 is 0 Å². The van der Waals surface area contributed by atoms with Gasteiger partial charge in [0.2, 0.25) is 0 Å². The van der Waals surface area contributed by atoms with Crippen LogP contribution in [-0.2, 0) is 0 Å². The zero-order valence-electron chi connectivity index (χ0n) is 9.15. The summed E-state index contributed by atoms with van der Waals surface area (Å²) in [6.07, 6.45) is 0.0482. The van der Waals surface area contributed by atoms with Crippen molar-refractivity contribution < 1.29 is 22.9 Å². The minimum atomic E-state index is -4.52. The highest BCUT2D eigenvalue weighted by Gasteiger charge is 2.30. The summed E-state index contributed by atoms with van der Waals surface area (Å²) < 4.78 is 36.4. The second kappa shape index (κ2) is 5.38. The standard InChI is InChI=1S/C10H8F3NO3S/c1-2-9(15)7-4-3-6(18-10(11,12)13)5-8(7)14(16)17/h3-5H,2H2,1H3. The van der Waals surface area contributed by atoms with Crippen molar-refractivity contribution in [2.45, 2.75) is 23.7 Å². The number of halogens is 3. The van der Waals surface area contributed by atoms with Crippen molar-refractivity contribution in [1.82, 2.24) is 0 Å². The first-order valence-electron chi connectivity index (χ1n) is 4.82. The molecule has 0 unspecified atom stereocenters. The van der Waals surface area contributed by atoms with Crippen LogP contribution in [-0.4, -0.2) is 16.2 Å². The van der Waals surface area contributed by atoms with Gasteiger partial charge in [-0.05, 0) is 23.9 Å². The maximum atomic E-state index is 12.1. The molecule has 0 bridgehead atoms. The third kappa shape index (κ3) is 3.73. The molecule has 0 aliphatic carbocycles. The smallest absolute Gasteiger partial charge is 0.294 e. The second-order valence-corrected chi connectivity index (χ2v) is 4.40. The highest BCUT2D eigenvalue weighted by molar-refractivity contribution is 8.00. The molecule has 18 heavy (non-hydrogen) atoms. The van der Waals surface area contributed by atoms with Crippen molar-refractivity contribution in [2.75, 3.05) is 0 Å². The van der Waals surface area contributed by atoms with Gasteiger partial charge in [-0.15, -0.1) is 0 Å². The summed E-state index contributed by atoms with van der Waals surface area (Å²) in [6, 6.07) is 2.87. The molecule has 1 aromatic carbocycles. The van der Waals surface area contributed by atoms with E-state index in [4.69, 9.17) is 0 Å². The summed E-state index contributed by atoms with van der Waals surface area (Å²) in [5.74, 6) is -0.481. The zero-order chi connectivity index (χ0) is 13.9. The number of Topliss-reactive ketones (excluding diaryl/α,β-unsaturated/α-hetero) is 1. The van der Waals surface area contributed by atoms with E-state index in [9.17, 15) is 28.1 Å². The molecular formula is C10H8F3NO3S. The first-order chi connectivity index (χ1) is 8.24. The van der Waals surface area contributed by atoms with Gasteiger partial charge in [0.1, 0.15) is 0 Å². The van der Waals surface area contributed by atoms with Crippen LogP contribution < -0.4 is 0 Å². The molecule has 0 amide bonds. The number of hydrogen-bond acceptors (Lipinski definition) is 4. The Labute approximate surface area is 104 Å². The molecule has 1 aromatic rings. The fourth-order valence-corrected chi connectivity index (χ4v) is 1.86. The number of benzene rings is 1. The minimum absolute atomic E-state index is 0.0482. The number of alkyl halides is 3. The largest absolute Gasteiger partial charge is 0.446 e. The number of ketones is 1. The van der Waals surface area contributed by atoms with Crippen LogP contribution in [0.25, 0.3) is 0 Å². The average molecular weight is 279 g/mol. The number of thioether (sulfide) groups is 1. The molecule has 0 saturated carbocycles. The summed E-state index contributed by atoms with van der Waals surface area (Å²) in [5, 5.41) is 10.7. The first kappa shape index (κ1) is 14.5. The highest BCUT2D eigenvalue weighted by Crippen LogP contribution is 2.38. The summed E-state index contributed by atoms with van der Waals surface area (Å²) in [5.41, 5.74) is -5.30. The predicted molar refractivity (Wildman–Crippen MR) is 59.6 cm³/mol. The highest BCUT2D eigenvalue weighted by atomic mass is 32.2. The van der Waals surface area contributed by atoms with Crippen molar-refractivity contribution in [3.8, 4) is 0 Å². The fourth-order valence-electron chi connectivity index (χ4n) is 1.29. The molecule has 1 rings (SSSR count). The molecule has 0 N–H and O–H groups in total. The van der Waals surface area contributed by atoms with Gasteiger partial charge in [-0.25, -0.2) is 0 Å². The van der Waals surface area contributed by atoms with Crippen LogP contribution in [0, 0.1) is 10.1 Å². The normalized spacial score (nSPS) is 11.3. The Morgan fingerprint density at radius 3 is 2.50 bits per heavy atom. The molecule has 98 valence electrons. The second-order valence-electron chi connectivity index (χ2n) is 3.26. The molecule has 0 fully saturated rings. The van der Waals surface area contributed by atoms with Crippen LogP contribution in [0.4, 0.5) is 18.9 Å². The van der Waals surface area contributed by atoms with E-state index in [2.05, 4.69) is 0 Å². The lowest BCUT2D eigenvalue weighted by molar-refractivity contribution is -0.385. The van der Waals surface area contributed by atoms with Gasteiger partial charge in [-0.1, -0.05) is 6.92 Å². The lowest BCUT2D eigenvalue weighted by atomic mass is 10.1. The number of nitrogens with zero attached hydrogens (tertiary/aromatic N) is 1. The van der Waals surface area contributed by atoms with Crippen LogP contribution in [0.15, 0.2) is 23.1 Å². The summed E-state index contributed by atoms with van der Waals surface area (Å²) >= 11 is -0.455. The molecular weight excluding hydrogens is 271 g/mol. The summed E-state index contributed by atoms with van der Waals surface area (Å²) in [7, 11) is 0. The van der Waals surface area contributed by atoms with Crippen molar-refractivity contribution >= 4 is 23.2 Å². The van der Waals surface area contributed by atoms with Crippen LogP contribution in [0.3, 0.4) is 0 Å². The monoisotopic (exact) mass is 279 g/mol. The maximum Gasteiger partial charge on any atom is 0.446 e. The third-order valence-corrected chi connectivity index (χ3v) is 2.74. The Kier molecular flexibility index (Phi) is 4.33. The van der Waals surface area contributed by atoms with E-state index in [-0.39, 0.29) is 16.9 Å². The van der Waals surface area contributed by atoms with Crippen molar-refractivity contribution in [1.29, 1.82) is 0 Å². The quantitative estimate of drug-likeness (QED) is 0.364. The van der Waals surface area contributed by atoms with Crippen LogP contribution >= 0.6 is 11.8 Å². The number of nitro groups is 1. The van der Waals surface area contributed by atoms with Crippen LogP contribution in [0.5, 0.6) is 0 Å². The SMILES string of the molecule is CCC(=O)c1ccc(SC(F)(F)F)cc1[N+](=O)[O-]. The maximum absolute atomic E-state index is 12.1. The van der Waals surface area contributed by atoms with E-state index < -0.39 is 33.7 Å². The molecule has 0 saturated heterocycles. The van der Waals surface area contributed by atoms with E-state index in [1.165, 1.54) is 6.92 Å². The van der Waals surface area contributed by atoms with Gasteiger partial charge in [-0.2, -0.15) is 13.2 Å². The van der Waals surface area contributed by atoms with Crippen molar-refractivity contribution in [2.24, 2.45) is 0 Å². The molecule has 0 radical (unpaired) electrons. The molecule has 0 atom stereocenters. The fraction of sp³-hybridized carbons (Fsp3) is 0.300. The van der Waals surface area contributed by atoms with Gasteiger partial charge in [0.25, 0.3) is 5.69 Å². The molecule has 8 heteroatoms. The molecule has 0 heterocycles. The van der Waals surface area contributed by atoms with E-state index in [1.807, 2.05) is 0 Å². The number of nitro benzene ring substituents is 1. The zero-order valence-corrected chi connectivity index (χ0v) is 9.97. The third-order valence-electron chi connectivity index (χ3n) is 2.02. The topological polar surface area (TPSA) is 60.2 Å². The average Bonchev–Trinajstić information content (AvgIpc) is 2.25. The van der Waals surface area contributed by atoms with Gasteiger partial charge in [0, 0.05) is 17.4 Å². The summed E-state index contributed by atoms with van der Waals surface area (Å²) in [4.78, 5) is 20.9. The number of hydrogen-bond donors (Lipinski definition) is 0. The lowest BCUT2D eigenvalue weighted by Crippen LogP contribution is -2.04. The predicted octanol–water partition coefficient (Wildman–Crippen LogP) is 3.80. The van der Waals surface area contributed by atoms with Crippen LogP contribution in [0.2, 0.25) is 0 Å². The Hall–Kier alpha value is -1.57. The van der Waals surface area contributed by atoms with E-state index in [0.29, 0.717) is 0 Å². The van der Waals surface area contributed by atoms with Gasteiger partial charge in [0.15, 0.2) is 5.78 Å². The number of carbonyl (C=O) groups is 1. The Bertz CT molecular complexity index is 488. The van der Waals surface area contributed by atoms with E-state index in [0.717, 1.165) is 18.2 Å². The molecule has 0 aliphatic heterocycles. The molecule has 0 aromatic heterocycles. The molecule has 0 aliphatic rings. The Balaban J connectivity index is 3.19.